The molecule has 3 saturated heterocycles. The van der Waals surface area contributed by atoms with E-state index in [4.69, 9.17) is 40.9 Å². The number of anilines is 2. The summed E-state index contributed by atoms with van der Waals surface area (Å²) in [5.74, 6) is 1.81. The second-order valence-electron chi connectivity index (χ2n) is 13.3. The van der Waals surface area contributed by atoms with E-state index in [9.17, 15) is 14.7 Å². The fraction of sp³-hybridized carbons (Fsp3) is 0.486. The van der Waals surface area contributed by atoms with Gasteiger partial charge < -0.3 is 34.4 Å². The summed E-state index contributed by atoms with van der Waals surface area (Å²) in [6, 6.07) is 9.30. The highest BCUT2D eigenvalue weighted by Crippen LogP contribution is 2.44. The molecule has 2 N–H and O–H groups in total. The van der Waals surface area contributed by atoms with E-state index >= 15 is 0 Å². The minimum Gasteiger partial charge on any atom is -0.497 e. The van der Waals surface area contributed by atoms with Crippen LogP contribution in [0, 0.1) is 5.41 Å². The largest absolute Gasteiger partial charge is 0.497 e. The number of halogens is 1. The Labute approximate surface area is 294 Å². The van der Waals surface area contributed by atoms with Gasteiger partial charge in [-0.1, -0.05) is 23.7 Å². The summed E-state index contributed by atoms with van der Waals surface area (Å²) in [5.41, 5.74) is 2.95. The van der Waals surface area contributed by atoms with E-state index in [0.29, 0.717) is 84.8 Å². The highest BCUT2D eigenvalue weighted by Gasteiger charge is 2.50. The summed E-state index contributed by atoms with van der Waals surface area (Å²) >= 11 is 7.10. The van der Waals surface area contributed by atoms with Gasteiger partial charge in [-0.2, -0.15) is 5.10 Å². The predicted molar refractivity (Wildman–Crippen MR) is 187 cm³/mol. The van der Waals surface area contributed by atoms with Crippen LogP contribution in [0.2, 0.25) is 5.02 Å². The molecule has 3 atom stereocenters. The van der Waals surface area contributed by atoms with Crippen LogP contribution in [-0.2, 0) is 16.0 Å². The third kappa shape index (κ3) is 6.31. The maximum atomic E-state index is 12.6. The van der Waals surface area contributed by atoms with E-state index in [0.717, 1.165) is 36.9 Å². The second kappa shape index (κ2) is 14.0. The molecule has 50 heavy (non-hydrogen) atoms. The number of hydrogen-bond donors (Lipinski definition) is 2. The summed E-state index contributed by atoms with van der Waals surface area (Å²) in [4.78, 5) is 42.8. The van der Waals surface area contributed by atoms with E-state index in [1.165, 1.54) is 0 Å². The fourth-order valence-corrected chi connectivity index (χ4v) is 7.87. The highest BCUT2D eigenvalue weighted by molar-refractivity contribution is 6.36. The SMILES string of the molecule is COc1ccc(CN(C)c2nccc(-c3nn(C4CCCCO4)c4nc(N5CCC6(CC5)CO[C@@H](C)[C@H]6NC(=O)O)c(C=O)nc34)c2Cl)cc1. The number of nitrogens with one attached hydrogen (secondary N) is 1. The van der Waals surface area contributed by atoms with Crippen LogP contribution >= 0.6 is 11.6 Å². The topological polar surface area (TPSA) is 157 Å². The Kier molecular flexibility index (Phi) is 9.51. The average Bonchev–Trinajstić information content (AvgIpc) is 3.65. The van der Waals surface area contributed by atoms with E-state index in [1.54, 1.807) is 24.1 Å². The Bertz CT molecular complexity index is 1870. The molecule has 3 aliphatic heterocycles. The molecule has 14 nitrogen and oxygen atoms in total. The van der Waals surface area contributed by atoms with Crippen molar-refractivity contribution < 1.29 is 28.9 Å². The van der Waals surface area contributed by atoms with Crippen molar-refractivity contribution in [1.82, 2.24) is 30.0 Å². The van der Waals surface area contributed by atoms with Gasteiger partial charge in [-0.15, -0.1) is 0 Å². The molecular formula is C35H41ClN8O6. The number of ether oxygens (including phenoxy) is 3. The number of rotatable bonds is 9. The number of aromatic nitrogens is 5. The predicted octanol–water partition coefficient (Wildman–Crippen LogP) is 5.34. The lowest BCUT2D eigenvalue weighted by molar-refractivity contribution is -0.0368. The van der Waals surface area contributed by atoms with Crippen LogP contribution in [0.4, 0.5) is 16.4 Å². The van der Waals surface area contributed by atoms with Crippen molar-refractivity contribution in [3.05, 3.63) is 52.8 Å². The molecule has 0 aliphatic carbocycles. The Hall–Kier alpha value is -4.53. The standard InChI is InChI=1S/C35H41ClN8O6/c1-21-30(39-34(46)47)35(20-50-21)12-15-43(16-13-35)31-25(19-45)38-29-28(41-44(33(29)40-31)26-6-4-5-17-49-26)24-11-14-37-32(27(24)36)42(2)18-22-7-9-23(48-3)10-8-22/h7-11,14,19,21,26,30,39H,4-6,12-13,15-18,20H2,1-3H3,(H,46,47)/t21-,26?,30+/m0/s1. The zero-order valence-corrected chi connectivity index (χ0v) is 29.1. The number of aldehydes is 1. The van der Waals surface area contributed by atoms with E-state index in [2.05, 4.69) is 10.3 Å². The average molecular weight is 705 g/mol. The van der Waals surface area contributed by atoms with Gasteiger partial charge in [-0.25, -0.2) is 24.4 Å². The zero-order valence-electron chi connectivity index (χ0n) is 28.3. The van der Waals surface area contributed by atoms with Crippen LogP contribution in [0.3, 0.4) is 0 Å². The zero-order chi connectivity index (χ0) is 35.0. The lowest BCUT2D eigenvalue weighted by Crippen LogP contribution is -2.54. The molecule has 1 unspecified atom stereocenters. The number of hydrogen-bond acceptors (Lipinski definition) is 11. The first-order valence-corrected chi connectivity index (χ1v) is 17.3. The number of benzene rings is 1. The quantitative estimate of drug-likeness (QED) is 0.216. The number of carboxylic acid groups (broad SMARTS) is 1. The number of methoxy groups -OCH3 is 1. The maximum absolute atomic E-state index is 12.6. The molecule has 0 saturated carbocycles. The van der Waals surface area contributed by atoms with Crippen molar-refractivity contribution in [2.24, 2.45) is 5.41 Å². The number of nitrogens with zero attached hydrogens (tertiary/aromatic N) is 7. The first kappa shape index (κ1) is 33.9. The molecule has 1 amide bonds. The summed E-state index contributed by atoms with van der Waals surface area (Å²) < 4.78 is 19.2. The van der Waals surface area contributed by atoms with Gasteiger partial charge in [0.15, 0.2) is 24.0 Å². The molecule has 1 spiro atoms. The molecule has 264 valence electrons. The van der Waals surface area contributed by atoms with Crippen LogP contribution in [0.15, 0.2) is 36.5 Å². The molecule has 15 heteroatoms. The van der Waals surface area contributed by atoms with Gasteiger partial charge in [0, 0.05) is 50.5 Å². The summed E-state index contributed by atoms with van der Waals surface area (Å²) in [6.07, 6.45) is 4.79. The Morgan fingerprint density at radius 1 is 1.18 bits per heavy atom. The summed E-state index contributed by atoms with van der Waals surface area (Å²) in [6.45, 7) is 4.63. The highest BCUT2D eigenvalue weighted by atomic mass is 35.5. The number of fused-ring (bicyclic) bond motifs is 1. The molecule has 3 aromatic heterocycles. The van der Waals surface area contributed by atoms with E-state index in [-0.39, 0.29) is 29.5 Å². The van der Waals surface area contributed by atoms with Crippen LogP contribution in [0.5, 0.6) is 5.75 Å². The van der Waals surface area contributed by atoms with Gasteiger partial charge in [0.05, 0.1) is 30.9 Å². The van der Waals surface area contributed by atoms with Gasteiger partial charge in [-0.05, 0) is 62.8 Å². The van der Waals surface area contributed by atoms with Crippen molar-refractivity contribution in [1.29, 1.82) is 0 Å². The van der Waals surface area contributed by atoms with Crippen LogP contribution < -0.4 is 19.9 Å². The van der Waals surface area contributed by atoms with Crippen molar-refractivity contribution in [3.63, 3.8) is 0 Å². The number of carbonyl (C=O) groups excluding carboxylic acids is 1. The van der Waals surface area contributed by atoms with Crippen LogP contribution in [-0.4, -0.2) is 94.8 Å². The lowest BCUT2D eigenvalue weighted by Gasteiger charge is -2.42. The van der Waals surface area contributed by atoms with Gasteiger partial charge in [0.1, 0.15) is 28.5 Å². The monoisotopic (exact) mass is 704 g/mol. The normalized spacial score (nSPS) is 21.8. The molecule has 7 rings (SSSR count). The number of piperidine rings is 1. The molecule has 1 aromatic carbocycles. The molecular weight excluding hydrogens is 664 g/mol. The number of pyridine rings is 1. The van der Waals surface area contributed by atoms with Gasteiger partial charge >= 0.3 is 6.09 Å². The molecule has 6 heterocycles. The van der Waals surface area contributed by atoms with Gasteiger partial charge in [0.25, 0.3) is 0 Å². The molecule has 3 aliphatic rings. The third-order valence-electron chi connectivity index (χ3n) is 10.2. The minimum absolute atomic E-state index is 0.192. The van der Waals surface area contributed by atoms with Crippen molar-refractivity contribution in [3.8, 4) is 17.0 Å². The van der Waals surface area contributed by atoms with E-state index < -0.39 is 6.09 Å². The third-order valence-corrected chi connectivity index (χ3v) is 10.6. The first-order valence-electron chi connectivity index (χ1n) is 16.9. The van der Waals surface area contributed by atoms with Crippen molar-refractivity contribution >= 4 is 46.8 Å². The molecule has 0 radical (unpaired) electrons. The molecule has 3 fully saturated rings. The minimum atomic E-state index is -1.06. The first-order chi connectivity index (χ1) is 24.2. The van der Waals surface area contributed by atoms with Crippen LogP contribution in [0.1, 0.15) is 61.3 Å². The van der Waals surface area contributed by atoms with E-state index in [1.807, 2.05) is 48.0 Å². The van der Waals surface area contributed by atoms with Gasteiger partial charge in [-0.3, -0.25) is 4.79 Å². The smallest absolute Gasteiger partial charge is 0.404 e. The number of amides is 1. The maximum Gasteiger partial charge on any atom is 0.404 e. The Morgan fingerprint density at radius 3 is 2.64 bits per heavy atom. The lowest BCUT2D eigenvalue weighted by atomic mass is 9.73. The fourth-order valence-electron chi connectivity index (χ4n) is 7.53. The second-order valence-corrected chi connectivity index (χ2v) is 13.7. The molecule has 4 aromatic rings. The van der Waals surface area contributed by atoms with Crippen molar-refractivity contribution in [2.75, 3.05) is 50.3 Å². The summed E-state index contributed by atoms with van der Waals surface area (Å²) in [5, 5.41) is 17.6. The summed E-state index contributed by atoms with van der Waals surface area (Å²) in [7, 11) is 3.56. The Morgan fingerprint density at radius 2 is 1.96 bits per heavy atom. The molecule has 0 bridgehead atoms. The van der Waals surface area contributed by atoms with Crippen molar-refractivity contribution in [2.45, 2.75) is 63.9 Å². The van der Waals surface area contributed by atoms with Crippen LogP contribution in [0.25, 0.3) is 22.4 Å². The number of carbonyl (C=O) groups is 2. The van der Waals surface area contributed by atoms with Gasteiger partial charge in [0.2, 0.25) is 0 Å². The Balaban J connectivity index is 1.24.